The summed E-state index contributed by atoms with van der Waals surface area (Å²) in [7, 11) is 0. The zero-order valence-electron chi connectivity index (χ0n) is 6.58. The van der Waals surface area contributed by atoms with E-state index in [1.807, 2.05) is 0 Å². The Morgan fingerprint density at radius 1 is 1.11 bits per heavy atom. The van der Waals surface area contributed by atoms with Gasteiger partial charge in [0.15, 0.2) is 0 Å². The average molecular weight is 123 g/mol. The Morgan fingerprint density at radius 2 is 1.44 bits per heavy atom. The van der Waals surface area contributed by atoms with Gasteiger partial charge in [-0.25, -0.2) is 0 Å². The molecule has 1 nitrogen and oxygen atoms in total. The second kappa shape index (κ2) is 4.39. The molecule has 52 valence electrons. The predicted molar refractivity (Wildman–Crippen MR) is 45.2 cm³/mol. The van der Waals surface area contributed by atoms with Crippen molar-refractivity contribution in [3.05, 3.63) is 0 Å². The number of hydrogen-bond donors (Lipinski definition) is 1. The van der Waals surface area contributed by atoms with Gasteiger partial charge in [0.1, 0.15) is 0 Å². The van der Waals surface area contributed by atoms with E-state index < -0.39 is 0 Å². The van der Waals surface area contributed by atoms with Gasteiger partial charge in [-0.05, 0) is 20.8 Å². The minimum atomic E-state index is 0. The normalized spacial score (nSPS) is 11.3. The molecule has 0 radical (unpaired) electrons. The van der Waals surface area contributed by atoms with Crippen LogP contribution in [0, 0.1) is 0 Å². The van der Waals surface area contributed by atoms with Crippen LogP contribution in [-0.2, 0) is 0 Å². The van der Waals surface area contributed by atoms with E-state index in [4.69, 9.17) is 0 Å². The average Bonchev–Trinajstić information content (AvgIpc) is 1.21. The van der Waals surface area contributed by atoms with Crippen molar-refractivity contribution in [1.82, 2.24) is 5.32 Å². The Labute approximate surface area is 70.8 Å². The Bertz CT molecular complexity index is 63.8. The van der Waals surface area contributed by atoms with E-state index in [9.17, 15) is 0 Å². The third-order valence-corrected chi connectivity index (χ3v) is 0.722. The molecule has 9 heavy (non-hydrogen) atoms. The molecule has 0 fully saturated rings. The molecule has 0 aliphatic heterocycles. The molecule has 0 aromatic heterocycles. The summed E-state index contributed by atoms with van der Waals surface area (Å²) in [5, 5.41) is 3.38. The van der Waals surface area contributed by atoms with Crippen molar-refractivity contribution in [2.45, 2.75) is 46.2 Å². The summed E-state index contributed by atoms with van der Waals surface area (Å²) < 4.78 is 0. The van der Waals surface area contributed by atoms with Crippen LogP contribution < -0.4 is 5.32 Å². The summed E-state index contributed by atoms with van der Waals surface area (Å²) in [5.41, 5.74) is 0.272. The first-order valence-corrected chi connectivity index (χ1v) is 3.19. The summed E-state index contributed by atoms with van der Waals surface area (Å²) in [6.07, 6.45) is 0. The topological polar surface area (TPSA) is 12.0 Å². The van der Waals surface area contributed by atoms with Gasteiger partial charge in [-0.2, -0.15) is 0 Å². The number of hydrogen-bond acceptors (Lipinski definition) is 1. The summed E-state index contributed by atoms with van der Waals surface area (Å²) in [6, 6.07) is 0.593. The van der Waals surface area contributed by atoms with E-state index in [-0.39, 0.29) is 24.4 Å². The molecule has 0 heterocycles. The number of rotatable bonds is 1. The third kappa shape index (κ3) is 11.9. The molecule has 0 saturated heterocycles. The second-order valence-corrected chi connectivity index (χ2v) is 3.55. The molecular formula is C7H18LiN. The standard InChI is InChI=1S/C7H17N.Li.H/c1-6(2)8-7(3,4)5;;/h6,8H,1-5H3;;. The first kappa shape index (κ1) is 12.3. The molecule has 0 rings (SSSR count). The summed E-state index contributed by atoms with van der Waals surface area (Å²) >= 11 is 0. The minimum absolute atomic E-state index is 0. The Morgan fingerprint density at radius 3 is 1.44 bits per heavy atom. The van der Waals surface area contributed by atoms with E-state index in [1.54, 1.807) is 0 Å². The quantitative estimate of drug-likeness (QED) is 0.515. The van der Waals surface area contributed by atoms with Gasteiger partial charge in [-0.3, -0.25) is 0 Å². The van der Waals surface area contributed by atoms with Crippen LogP contribution in [0.1, 0.15) is 34.6 Å². The molecule has 0 unspecified atom stereocenters. The van der Waals surface area contributed by atoms with E-state index in [0.29, 0.717) is 6.04 Å². The van der Waals surface area contributed by atoms with Gasteiger partial charge in [-0.15, -0.1) is 0 Å². The third-order valence-electron chi connectivity index (χ3n) is 0.722. The van der Waals surface area contributed by atoms with Crippen LogP contribution in [0.3, 0.4) is 0 Å². The molecular weight excluding hydrogens is 105 g/mol. The first-order chi connectivity index (χ1) is 3.42. The van der Waals surface area contributed by atoms with E-state index >= 15 is 0 Å². The van der Waals surface area contributed by atoms with Crippen molar-refractivity contribution in [1.29, 1.82) is 0 Å². The van der Waals surface area contributed by atoms with Crippen LogP contribution in [0.4, 0.5) is 0 Å². The molecule has 0 amide bonds. The molecule has 0 atom stereocenters. The molecule has 0 aliphatic carbocycles. The van der Waals surface area contributed by atoms with Crippen LogP contribution in [-0.4, -0.2) is 30.4 Å². The van der Waals surface area contributed by atoms with Gasteiger partial charge in [0.2, 0.25) is 0 Å². The Balaban J connectivity index is 0. The van der Waals surface area contributed by atoms with Crippen LogP contribution >= 0.6 is 0 Å². The van der Waals surface area contributed by atoms with E-state index in [0.717, 1.165) is 0 Å². The zero-order chi connectivity index (χ0) is 6.78. The fourth-order valence-corrected chi connectivity index (χ4v) is 0.866. The van der Waals surface area contributed by atoms with Crippen molar-refractivity contribution in [3.8, 4) is 0 Å². The van der Waals surface area contributed by atoms with Gasteiger partial charge >= 0.3 is 18.9 Å². The van der Waals surface area contributed by atoms with Gasteiger partial charge in [-0.1, -0.05) is 13.8 Å². The molecule has 0 aliphatic rings. The molecule has 2 heteroatoms. The predicted octanol–water partition coefficient (Wildman–Crippen LogP) is 1.13. The molecule has 0 spiro atoms. The van der Waals surface area contributed by atoms with Gasteiger partial charge < -0.3 is 5.32 Å². The summed E-state index contributed by atoms with van der Waals surface area (Å²) in [6.45, 7) is 10.8. The SMILES string of the molecule is CC(C)NC(C)(C)C.[LiH]. The fraction of sp³-hybridized carbons (Fsp3) is 1.00. The molecule has 1 N–H and O–H groups in total. The monoisotopic (exact) mass is 123 g/mol. The molecule has 0 saturated carbocycles. The fourth-order valence-electron chi connectivity index (χ4n) is 0.866. The van der Waals surface area contributed by atoms with Gasteiger partial charge in [0.05, 0.1) is 0 Å². The van der Waals surface area contributed by atoms with Crippen molar-refractivity contribution in [3.63, 3.8) is 0 Å². The van der Waals surface area contributed by atoms with Gasteiger partial charge in [0.25, 0.3) is 0 Å². The Kier molecular flexibility index (Phi) is 5.97. The number of nitrogens with one attached hydrogen (secondary N) is 1. The zero-order valence-corrected chi connectivity index (χ0v) is 6.58. The molecule has 0 aromatic rings. The van der Waals surface area contributed by atoms with Crippen molar-refractivity contribution in [2.75, 3.05) is 0 Å². The second-order valence-electron chi connectivity index (χ2n) is 3.55. The van der Waals surface area contributed by atoms with Crippen molar-refractivity contribution in [2.24, 2.45) is 0 Å². The van der Waals surface area contributed by atoms with Crippen molar-refractivity contribution < 1.29 is 0 Å². The van der Waals surface area contributed by atoms with Crippen molar-refractivity contribution >= 4 is 18.9 Å². The summed E-state index contributed by atoms with van der Waals surface area (Å²) in [5.74, 6) is 0. The van der Waals surface area contributed by atoms with Gasteiger partial charge in [0, 0.05) is 11.6 Å². The van der Waals surface area contributed by atoms with Crippen LogP contribution in [0.25, 0.3) is 0 Å². The Hall–Kier alpha value is 0.557. The molecule has 0 bridgehead atoms. The van der Waals surface area contributed by atoms with Crippen LogP contribution in [0.2, 0.25) is 0 Å². The maximum atomic E-state index is 3.38. The van der Waals surface area contributed by atoms with E-state index in [2.05, 4.69) is 39.9 Å². The summed E-state index contributed by atoms with van der Waals surface area (Å²) in [4.78, 5) is 0. The van der Waals surface area contributed by atoms with Crippen LogP contribution in [0.5, 0.6) is 0 Å². The first-order valence-electron chi connectivity index (χ1n) is 3.19. The molecule has 0 aromatic carbocycles. The van der Waals surface area contributed by atoms with E-state index in [1.165, 1.54) is 0 Å². The van der Waals surface area contributed by atoms with Crippen LogP contribution in [0.15, 0.2) is 0 Å². The maximum absolute atomic E-state index is 3.38.